The first-order valence-electron chi connectivity index (χ1n) is 6.65. The van der Waals surface area contributed by atoms with E-state index in [0.29, 0.717) is 6.54 Å². The normalized spacial score (nSPS) is 24.7. The number of nitrogens with two attached hydrogens (primary N) is 1. The van der Waals surface area contributed by atoms with Gasteiger partial charge in [0.15, 0.2) is 0 Å². The summed E-state index contributed by atoms with van der Waals surface area (Å²) in [4.78, 5) is 2.28. The van der Waals surface area contributed by atoms with Crippen LogP contribution in [0.5, 0.6) is 0 Å². The fourth-order valence-corrected chi connectivity index (χ4v) is 2.72. The largest absolute Gasteiger partial charge is 0.465 e. The molecule has 1 aliphatic heterocycles. The molecule has 0 bridgehead atoms. The van der Waals surface area contributed by atoms with Crippen LogP contribution in [0.25, 0.3) is 0 Å². The van der Waals surface area contributed by atoms with E-state index < -0.39 is 0 Å². The summed E-state index contributed by atoms with van der Waals surface area (Å²) < 4.78 is 11.2. The summed E-state index contributed by atoms with van der Waals surface area (Å²) in [7, 11) is 2.11. The molecule has 1 aliphatic rings. The Morgan fingerprint density at radius 1 is 1.44 bits per heavy atom. The van der Waals surface area contributed by atoms with Gasteiger partial charge < -0.3 is 14.9 Å². The van der Waals surface area contributed by atoms with Crippen molar-refractivity contribution in [2.24, 2.45) is 11.1 Å². The molecule has 1 aromatic heterocycles. The molecule has 2 heterocycles. The van der Waals surface area contributed by atoms with Gasteiger partial charge in [0.25, 0.3) is 0 Å². The highest BCUT2D eigenvalue weighted by Crippen LogP contribution is 2.28. The molecule has 2 rings (SSSR count). The van der Waals surface area contributed by atoms with Gasteiger partial charge in [-0.05, 0) is 38.9 Å². The third-order valence-electron chi connectivity index (χ3n) is 3.66. The maximum absolute atomic E-state index is 5.95. The molecule has 1 saturated heterocycles. The highest BCUT2D eigenvalue weighted by atomic mass is 16.5. The average Bonchev–Trinajstić information content (AvgIpc) is 2.75. The highest BCUT2D eigenvalue weighted by molar-refractivity contribution is 5.05. The van der Waals surface area contributed by atoms with Gasteiger partial charge in [-0.3, -0.25) is 4.90 Å². The van der Waals surface area contributed by atoms with E-state index in [4.69, 9.17) is 14.9 Å². The van der Waals surface area contributed by atoms with Crippen molar-refractivity contribution in [3.63, 3.8) is 0 Å². The maximum atomic E-state index is 5.95. The van der Waals surface area contributed by atoms with Crippen LogP contribution in [0.1, 0.15) is 24.4 Å². The zero-order valence-electron chi connectivity index (χ0n) is 11.4. The van der Waals surface area contributed by atoms with Gasteiger partial charge in [0, 0.05) is 25.1 Å². The van der Waals surface area contributed by atoms with Crippen molar-refractivity contribution >= 4 is 0 Å². The Labute approximate surface area is 109 Å². The van der Waals surface area contributed by atoms with Crippen LogP contribution in [-0.4, -0.2) is 38.3 Å². The molecule has 0 aromatic carbocycles. The second kappa shape index (κ2) is 5.87. The Hall–Kier alpha value is -0.840. The van der Waals surface area contributed by atoms with Gasteiger partial charge in [0.2, 0.25) is 0 Å². The minimum Gasteiger partial charge on any atom is -0.465 e. The topological polar surface area (TPSA) is 51.6 Å². The van der Waals surface area contributed by atoms with Crippen LogP contribution >= 0.6 is 0 Å². The van der Waals surface area contributed by atoms with Crippen LogP contribution in [-0.2, 0) is 11.3 Å². The monoisotopic (exact) mass is 252 g/mol. The van der Waals surface area contributed by atoms with Crippen molar-refractivity contribution in [2.45, 2.75) is 26.3 Å². The molecule has 0 radical (unpaired) electrons. The third-order valence-corrected chi connectivity index (χ3v) is 3.66. The van der Waals surface area contributed by atoms with E-state index in [2.05, 4.69) is 11.9 Å². The number of aryl methyl sites for hydroxylation is 1. The quantitative estimate of drug-likeness (QED) is 0.868. The van der Waals surface area contributed by atoms with Crippen molar-refractivity contribution in [1.82, 2.24) is 4.90 Å². The molecule has 0 saturated carbocycles. The van der Waals surface area contributed by atoms with Gasteiger partial charge in [-0.2, -0.15) is 0 Å². The summed E-state index contributed by atoms with van der Waals surface area (Å²) in [5, 5.41) is 0. The molecule has 1 atom stereocenters. The van der Waals surface area contributed by atoms with E-state index in [0.717, 1.165) is 50.7 Å². The Bertz CT molecular complexity index is 370. The van der Waals surface area contributed by atoms with Crippen LogP contribution < -0.4 is 5.73 Å². The first-order chi connectivity index (χ1) is 8.63. The second-order valence-electron chi connectivity index (χ2n) is 5.54. The number of nitrogens with zero attached hydrogens (tertiary/aromatic N) is 1. The average molecular weight is 252 g/mol. The van der Waals surface area contributed by atoms with Gasteiger partial charge in [0.1, 0.15) is 11.5 Å². The number of ether oxygens (including phenoxy) is 1. The lowest BCUT2D eigenvalue weighted by molar-refractivity contribution is -0.0199. The Morgan fingerprint density at radius 2 is 2.28 bits per heavy atom. The van der Waals surface area contributed by atoms with Crippen molar-refractivity contribution in [2.75, 3.05) is 33.4 Å². The molecule has 18 heavy (non-hydrogen) atoms. The Morgan fingerprint density at radius 3 is 2.83 bits per heavy atom. The summed E-state index contributed by atoms with van der Waals surface area (Å²) in [6, 6.07) is 4.05. The fraction of sp³-hybridized carbons (Fsp3) is 0.714. The van der Waals surface area contributed by atoms with Crippen LogP contribution in [0.3, 0.4) is 0 Å². The molecular weight excluding hydrogens is 228 g/mol. The van der Waals surface area contributed by atoms with Gasteiger partial charge in [-0.25, -0.2) is 0 Å². The van der Waals surface area contributed by atoms with E-state index in [1.54, 1.807) is 0 Å². The van der Waals surface area contributed by atoms with E-state index in [-0.39, 0.29) is 5.41 Å². The SMILES string of the molecule is Cc1ccc(CN(C)CC2(CN)CCCOC2)o1. The van der Waals surface area contributed by atoms with Gasteiger partial charge in [-0.1, -0.05) is 0 Å². The molecule has 102 valence electrons. The predicted octanol–water partition coefficient (Wildman–Crippen LogP) is 1.78. The number of rotatable bonds is 5. The molecular formula is C14H24N2O2. The zero-order valence-corrected chi connectivity index (χ0v) is 11.4. The van der Waals surface area contributed by atoms with Crippen LogP contribution in [0, 0.1) is 12.3 Å². The van der Waals surface area contributed by atoms with Crippen molar-refractivity contribution in [3.8, 4) is 0 Å². The van der Waals surface area contributed by atoms with Crippen molar-refractivity contribution in [3.05, 3.63) is 23.7 Å². The molecule has 1 fully saturated rings. The molecule has 0 amide bonds. The number of furan rings is 1. The lowest BCUT2D eigenvalue weighted by atomic mass is 9.82. The van der Waals surface area contributed by atoms with E-state index in [1.807, 2.05) is 19.1 Å². The first kappa shape index (κ1) is 13.6. The molecule has 0 spiro atoms. The Kier molecular flexibility index (Phi) is 4.43. The molecule has 0 aliphatic carbocycles. The Balaban J connectivity index is 1.90. The summed E-state index contributed by atoms with van der Waals surface area (Å²) in [6.07, 6.45) is 2.27. The summed E-state index contributed by atoms with van der Waals surface area (Å²) in [5.41, 5.74) is 6.07. The highest BCUT2D eigenvalue weighted by Gasteiger charge is 2.32. The lowest BCUT2D eigenvalue weighted by Gasteiger charge is -2.38. The third kappa shape index (κ3) is 3.34. The standard InChI is InChI=1S/C14H24N2O2/c1-12-4-5-13(18-12)8-16(2)10-14(9-15)6-3-7-17-11-14/h4-5H,3,6-11,15H2,1-2H3. The number of hydrogen-bond acceptors (Lipinski definition) is 4. The smallest absolute Gasteiger partial charge is 0.118 e. The van der Waals surface area contributed by atoms with Crippen LogP contribution in [0.15, 0.2) is 16.5 Å². The van der Waals surface area contributed by atoms with E-state index in [1.165, 1.54) is 0 Å². The summed E-state index contributed by atoms with van der Waals surface area (Å²) in [6.45, 7) is 6.11. The zero-order chi connectivity index (χ0) is 13.0. The maximum Gasteiger partial charge on any atom is 0.118 e. The van der Waals surface area contributed by atoms with Gasteiger partial charge >= 0.3 is 0 Å². The molecule has 4 heteroatoms. The minimum absolute atomic E-state index is 0.120. The molecule has 1 aromatic rings. The van der Waals surface area contributed by atoms with Crippen LogP contribution in [0.4, 0.5) is 0 Å². The van der Waals surface area contributed by atoms with Gasteiger partial charge in [-0.15, -0.1) is 0 Å². The molecule has 4 nitrogen and oxygen atoms in total. The van der Waals surface area contributed by atoms with E-state index >= 15 is 0 Å². The molecule has 1 unspecified atom stereocenters. The summed E-state index contributed by atoms with van der Waals surface area (Å²) >= 11 is 0. The summed E-state index contributed by atoms with van der Waals surface area (Å²) in [5.74, 6) is 1.98. The fourth-order valence-electron chi connectivity index (χ4n) is 2.72. The minimum atomic E-state index is 0.120. The molecule has 2 N–H and O–H groups in total. The first-order valence-corrected chi connectivity index (χ1v) is 6.65. The van der Waals surface area contributed by atoms with E-state index in [9.17, 15) is 0 Å². The second-order valence-corrected chi connectivity index (χ2v) is 5.54. The van der Waals surface area contributed by atoms with Gasteiger partial charge in [0.05, 0.1) is 13.2 Å². The van der Waals surface area contributed by atoms with Crippen LogP contribution in [0.2, 0.25) is 0 Å². The lowest BCUT2D eigenvalue weighted by Crippen LogP contribution is -2.46. The number of hydrogen-bond donors (Lipinski definition) is 1. The van der Waals surface area contributed by atoms with Crippen molar-refractivity contribution in [1.29, 1.82) is 0 Å². The van der Waals surface area contributed by atoms with Crippen molar-refractivity contribution < 1.29 is 9.15 Å². The predicted molar refractivity (Wildman–Crippen MR) is 71.3 cm³/mol.